The summed E-state index contributed by atoms with van der Waals surface area (Å²) in [5.41, 5.74) is 0. The number of hydrogen-bond donors (Lipinski definition) is 2. The maximum Gasteiger partial charge on any atom is 0.318 e. The average molecular weight is 100 g/mol. The quantitative estimate of drug-likeness (QED) is 0.479. The van der Waals surface area contributed by atoms with Gasteiger partial charge in [0.15, 0.2) is 0 Å². The van der Waals surface area contributed by atoms with Crippen molar-refractivity contribution in [3.63, 3.8) is 0 Å². The van der Waals surface area contributed by atoms with E-state index >= 15 is 0 Å². The number of urea groups is 1. The normalized spacial score (nSPS) is 19.9. The lowest BCUT2D eigenvalue weighted by Gasteiger charge is -2.27. The van der Waals surface area contributed by atoms with Gasteiger partial charge in [-0.05, 0) is 6.42 Å². The standard InChI is InChI=1S/C4H8N2O/c1-2-3-5-4(7)6-3/h3H,2H2,1H3,(H2,5,6,7). The Kier molecular flexibility index (Phi) is 0.889. The predicted molar refractivity (Wildman–Crippen MR) is 25.7 cm³/mol. The van der Waals surface area contributed by atoms with Crippen LogP contribution in [0.5, 0.6) is 0 Å². The number of amides is 2. The van der Waals surface area contributed by atoms with Crippen LogP contribution in [0.25, 0.3) is 0 Å². The van der Waals surface area contributed by atoms with Crippen LogP contribution in [-0.4, -0.2) is 12.2 Å². The van der Waals surface area contributed by atoms with Gasteiger partial charge in [0.2, 0.25) is 0 Å². The molecule has 0 atom stereocenters. The summed E-state index contributed by atoms with van der Waals surface area (Å²) < 4.78 is 0. The monoisotopic (exact) mass is 100 g/mol. The number of rotatable bonds is 1. The molecule has 0 saturated carbocycles. The average Bonchev–Trinajstić information content (AvgIpc) is 1.58. The molecule has 1 saturated heterocycles. The van der Waals surface area contributed by atoms with Gasteiger partial charge in [-0.25, -0.2) is 4.79 Å². The molecule has 2 amide bonds. The molecule has 0 radical (unpaired) electrons. The van der Waals surface area contributed by atoms with Crippen LogP contribution in [0.2, 0.25) is 0 Å². The lowest BCUT2D eigenvalue weighted by Crippen LogP contribution is -2.62. The molecule has 3 nitrogen and oxygen atoms in total. The minimum atomic E-state index is -0.0492. The van der Waals surface area contributed by atoms with Crippen molar-refractivity contribution in [2.45, 2.75) is 19.5 Å². The number of hydrogen-bond acceptors (Lipinski definition) is 1. The lowest BCUT2D eigenvalue weighted by molar-refractivity contribution is 0.206. The van der Waals surface area contributed by atoms with Crippen LogP contribution in [0, 0.1) is 0 Å². The van der Waals surface area contributed by atoms with Crippen molar-refractivity contribution in [2.75, 3.05) is 0 Å². The van der Waals surface area contributed by atoms with E-state index < -0.39 is 0 Å². The first-order valence-corrected chi connectivity index (χ1v) is 2.40. The Morgan fingerprint density at radius 1 is 1.71 bits per heavy atom. The van der Waals surface area contributed by atoms with Gasteiger partial charge in [-0.15, -0.1) is 0 Å². The first-order valence-electron chi connectivity index (χ1n) is 2.40. The largest absolute Gasteiger partial charge is 0.318 e. The molecule has 1 aliphatic rings. The molecule has 1 fully saturated rings. The first kappa shape index (κ1) is 4.43. The molecule has 0 bridgehead atoms. The van der Waals surface area contributed by atoms with E-state index in [1.165, 1.54) is 0 Å². The highest BCUT2D eigenvalue weighted by Crippen LogP contribution is 1.92. The van der Waals surface area contributed by atoms with Crippen LogP contribution in [0.3, 0.4) is 0 Å². The number of carbonyl (C=O) groups excluding carboxylic acids is 1. The molecule has 1 aliphatic heterocycles. The summed E-state index contributed by atoms with van der Waals surface area (Å²) in [6.07, 6.45) is 1.21. The lowest BCUT2D eigenvalue weighted by atomic mass is 10.3. The summed E-state index contributed by atoms with van der Waals surface area (Å²) in [5, 5.41) is 5.28. The summed E-state index contributed by atoms with van der Waals surface area (Å²) in [7, 11) is 0. The third kappa shape index (κ3) is 0.656. The van der Waals surface area contributed by atoms with Gasteiger partial charge in [0.05, 0.1) is 0 Å². The van der Waals surface area contributed by atoms with Crippen LogP contribution < -0.4 is 10.6 Å². The van der Waals surface area contributed by atoms with Crippen molar-refractivity contribution in [1.82, 2.24) is 10.6 Å². The zero-order valence-electron chi connectivity index (χ0n) is 4.19. The fraction of sp³-hybridized carbons (Fsp3) is 0.750. The molecule has 0 aromatic heterocycles. The Labute approximate surface area is 42.1 Å². The van der Waals surface area contributed by atoms with Gasteiger partial charge in [0, 0.05) is 0 Å². The second-order valence-corrected chi connectivity index (χ2v) is 1.58. The van der Waals surface area contributed by atoms with E-state index in [9.17, 15) is 4.79 Å². The maximum absolute atomic E-state index is 10.0. The second-order valence-electron chi connectivity index (χ2n) is 1.58. The van der Waals surface area contributed by atoms with Gasteiger partial charge in [0.1, 0.15) is 6.17 Å². The van der Waals surface area contributed by atoms with Gasteiger partial charge in [-0.2, -0.15) is 0 Å². The fourth-order valence-electron chi connectivity index (χ4n) is 0.521. The molecule has 0 spiro atoms. The van der Waals surface area contributed by atoms with Gasteiger partial charge in [0.25, 0.3) is 0 Å². The molecule has 0 unspecified atom stereocenters. The van der Waals surface area contributed by atoms with Crippen LogP contribution in [0.1, 0.15) is 13.3 Å². The minimum absolute atomic E-state index is 0.0492. The van der Waals surface area contributed by atoms with E-state index in [-0.39, 0.29) is 12.2 Å². The van der Waals surface area contributed by atoms with Crippen molar-refractivity contribution in [1.29, 1.82) is 0 Å². The van der Waals surface area contributed by atoms with Crippen LogP contribution in [0.15, 0.2) is 0 Å². The van der Waals surface area contributed by atoms with E-state index in [1.807, 2.05) is 6.92 Å². The number of nitrogens with one attached hydrogen (secondary N) is 2. The van der Waals surface area contributed by atoms with Crippen molar-refractivity contribution >= 4 is 6.03 Å². The van der Waals surface area contributed by atoms with Crippen molar-refractivity contribution in [3.8, 4) is 0 Å². The molecule has 1 rings (SSSR count). The summed E-state index contributed by atoms with van der Waals surface area (Å²) in [6, 6.07) is -0.0492. The maximum atomic E-state index is 10.0. The van der Waals surface area contributed by atoms with Gasteiger partial charge in [-0.3, -0.25) is 0 Å². The molecule has 7 heavy (non-hydrogen) atoms. The summed E-state index contributed by atoms with van der Waals surface area (Å²) in [5.74, 6) is 0. The molecule has 40 valence electrons. The topological polar surface area (TPSA) is 41.1 Å². The Bertz CT molecular complexity index is 83.7. The fourth-order valence-corrected chi connectivity index (χ4v) is 0.521. The van der Waals surface area contributed by atoms with Crippen molar-refractivity contribution < 1.29 is 4.79 Å². The van der Waals surface area contributed by atoms with Gasteiger partial charge in [-0.1, -0.05) is 6.92 Å². The van der Waals surface area contributed by atoms with Gasteiger partial charge < -0.3 is 10.6 Å². The predicted octanol–water partition coefficient (Wildman–Crippen LogP) is 0.0353. The molecule has 3 heteroatoms. The van der Waals surface area contributed by atoms with E-state index in [0.717, 1.165) is 6.42 Å². The molecule has 0 aliphatic carbocycles. The van der Waals surface area contributed by atoms with E-state index in [2.05, 4.69) is 10.6 Å². The third-order valence-corrected chi connectivity index (χ3v) is 1.02. The molecular formula is C4H8N2O. The summed E-state index contributed by atoms with van der Waals surface area (Å²) in [4.78, 5) is 10.0. The SMILES string of the molecule is CCC1NC(=O)N1. The molecule has 0 aromatic carbocycles. The third-order valence-electron chi connectivity index (χ3n) is 1.02. The molecular weight excluding hydrogens is 92.1 g/mol. The van der Waals surface area contributed by atoms with E-state index in [0.29, 0.717) is 0 Å². The minimum Gasteiger partial charge on any atom is -0.318 e. The van der Waals surface area contributed by atoms with Crippen molar-refractivity contribution in [3.05, 3.63) is 0 Å². The first-order chi connectivity index (χ1) is 3.33. The summed E-state index contributed by atoms with van der Waals surface area (Å²) >= 11 is 0. The number of carbonyl (C=O) groups is 1. The van der Waals surface area contributed by atoms with Crippen molar-refractivity contribution in [2.24, 2.45) is 0 Å². The molecule has 1 heterocycles. The van der Waals surface area contributed by atoms with E-state index in [1.54, 1.807) is 0 Å². The Morgan fingerprint density at radius 3 is 2.43 bits per heavy atom. The zero-order chi connectivity index (χ0) is 5.28. The van der Waals surface area contributed by atoms with Crippen LogP contribution in [-0.2, 0) is 0 Å². The highest BCUT2D eigenvalue weighted by atomic mass is 16.2. The Balaban J connectivity index is 2.17. The van der Waals surface area contributed by atoms with Gasteiger partial charge >= 0.3 is 6.03 Å². The Hall–Kier alpha value is -0.730. The summed E-state index contributed by atoms with van der Waals surface area (Å²) in [6.45, 7) is 2.01. The highest BCUT2D eigenvalue weighted by Gasteiger charge is 2.20. The van der Waals surface area contributed by atoms with Crippen LogP contribution >= 0.6 is 0 Å². The molecule has 0 aromatic rings. The van der Waals surface area contributed by atoms with Crippen LogP contribution in [0.4, 0.5) is 4.79 Å². The zero-order valence-corrected chi connectivity index (χ0v) is 4.19. The smallest absolute Gasteiger partial charge is 0.318 e. The molecule has 2 N–H and O–H groups in total. The van der Waals surface area contributed by atoms with E-state index in [4.69, 9.17) is 0 Å². The second kappa shape index (κ2) is 1.40. The Morgan fingerprint density at radius 2 is 2.29 bits per heavy atom. The highest BCUT2D eigenvalue weighted by molar-refractivity contribution is 5.79.